The maximum atomic E-state index is 13.8. The number of esters is 1. The number of carbonyl (C=O) groups excluding carboxylic acids is 3. The highest BCUT2D eigenvalue weighted by Gasteiger charge is 2.45. The third-order valence-corrected chi connectivity index (χ3v) is 9.41. The molecule has 7 rings (SSSR count). The molecule has 6 heteroatoms. The van der Waals surface area contributed by atoms with Gasteiger partial charge in [-0.25, -0.2) is 0 Å². The highest BCUT2D eigenvalue weighted by Crippen LogP contribution is 2.42. The third-order valence-electron chi connectivity index (χ3n) is 9.41. The highest BCUT2D eigenvalue weighted by atomic mass is 16.5. The SMILES string of the molecule is O=Cc1ccc2c(c1)CN(CC/C=C/c1cccc(C3(C(=O)OC4CN5CCC4CC5)CCCCC3)c1)C2=O. The number of piperidine rings is 3. The van der Waals surface area contributed by atoms with Crippen LogP contribution in [0, 0.1) is 5.92 Å². The van der Waals surface area contributed by atoms with Gasteiger partial charge in [-0.3, -0.25) is 19.3 Å². The lowest BCUT2D eigenvalue weighted by atomic mass is 9.69. The Hall–Kier alpha value is -3.25. The van der Waals surface area contributed by atoms with Crippen LogP contribution in [-0.2, 0) is 21.5 Å². The third kappa shape index (κ3) is 5.19. The van der Waals surface area contributed by atoms with Gasteiger partial charge in [0.25, 0.3) is 5.91 Å². The molecule has 2 aromatic rings. The first-order valence-corrected chi connectivity index (χ1v) is 14.6. The van der Waals surface area contributed by atoms with Crippen molar-refractivity contribution in [1.29, 1.82) is 0 Å². The summed E-state index contributed by atoms with van der Waals surface area (Å²) in [6.07, 6.45) is 13.0. The number of ether oxygens (including phenoxy) is 1. The molecule has 0 N–H and O–H groups in total. The molecule has 1 saturated carbocycles. The van der Waals surface area contributed by atoms with Crippen molar-refractivity contribution in [2.45, 2.75) is 69.4 Å². The minimum absolute atomic E-state index is 0.0214. The van der Waals surface area contributed by atoms with Crippen LogP contribution < -0.4 is 0 Å². The van der Waals surface area contributed by atoms with E-state index < -0.39 is 5.41 Å². The van der Waals surface area contributed by atoms with Crippen LogP contribution in [0.3, 0.4) is 0 Å². The summed E-state index contributed by atoms with van der Waals surface area (Å²) in [5.41, 5.74) is 3.81. The maximum absolute atomic E-state index is 13.8. The molecule has 5 aliphatic rings. The van der Waals surface area contributed by atoms with Crippen molar-refractivity contribution in [3.8, 4) is 0 Å². The number of rotatable bonds is 8. The van der Waals surface area contributed by atoms with E-state index in [1.807, 2.05) is 11.0 Å². The van der Waals surface area contributed by atoms with E-state index >= 15 is 0 Å². The van der Waals surface area contributed by atoms with Crippen LogP contribution in [0.25, 0.3) is 6.08 Å². The second-order valence-corrected chi connectivity index (χ2v) is 11.8. The Morgan fingerprint density at radius 1 is 1.03 bits per heavy atom. The van der Waals surface area contributed by atoms with Gasteiger partial charge in [-0.15, -0.1) is 0 Å². The second kappa shape index (κ2) is 11.1. The Kier molecular flexibility index (Phi) is 7.39. The first-order chi connectivity index (χ1) is 19.1. The average Bonchev–Trinajstić information content (AvgIpc) is 3.30. The lowest BCUT2D eigenvalue weighted by molar-refractivity contribution is -0.167. The topological polar surface area (TPSA) is 66.9 Å². The van der Waals surface area contributed by atoms with Gasteiger partial charge in [-0.2, -0.15) is 0 Å². The van der Waals surface area contributed by atoms with E-state index in [9.17, 15) is 14.4 Å². The number of aldehydes is 1. The molecular formula is C33H38N2O4. The fraction of sp³-hybridized carbons (Fsp3) is 0.485. The van der Waals surface area contributed by atoms with E-state index in [1.54, 1.807) is 12.1 Å². The molecule has 0 aromatic heterocycles. The zero-order valence-corrected chi connectivity index (χ0v) is 22.6. The minimum atomic E-state index is -0.553. The summed E-state index contributed by atoms with van der Waals surface area (Å²) in [7, 11) is 0. The Balaban J connectivity index is 1.12. The van der Waals surface area contributed by atoms with Crippen LogP contribution in [-0.4, -0.2) is 60.2 Å². The smallest absolute Gasteiger partial charge is 0.316 e. The first-order valence-electron chi connectivity index (χ1n) is 14.6. The van der Waals surface area contributed by atoms with Crippen molar-refractivity contribution >= 4 is 24.2 Å². The van der Waals surface area contributed by atoms with Gasteiger partial charge in [0.2, 0.25) is 0 Å². The number of benzene rings is 2. The largest absolute Gasteiger partial charge is 0.460 e. The monoisotopic (exact) mass is 526 g/mol. The van der Waals surface area contributed by atoms with Crippen LogP contribution in [0.2, 0.25) is 0 Å². The van der Waals surface area contributed by atoms with Crippen LogP contribution in [0.1, 0.15) is 88.8 Å². The molecule has 4 aliphatic heterocycles. The van der Waals surface area contributed by atoms with Gasteiger partial charge in [0.1, 0.15) is 12.4 Å². The van der Waals surface area contributed by atoms with Gasteiger partial charge in [-0.05, 0) is 79.9 Å². The second-order valence-electron chi connectivity index (χ2n) is 11.8. The van der Waals surface area contributed by atoms with Crippen molar-refractivity contribution < 1.29 is 19.1 Å². The van der Waals surface area contributed by atoms with Crippen molar-refractivity contribution in [2.75, 3.05) is 26.2 Å². The molecule has 6 nitrogen and oxygen atoms in total. The molecule has 2 aromatic carbocycles. The van der Waals surface area contributed by atoms with Gasteiger partial charge in [0, 0.05) is 30.8 Å². The molecule has 1 unspecified atom stereocenters. The van der Waals surface area contributed by atoms with Crippen molar-refractivity contribution in [3.63, 3.8) is 0 Å². The molecular weight excluding hydrogens is 488 g/mol. The normalized spacial score (nSPS) is 25.6. The Morgan fingerprint density at radius 2 is 1.85 bits per heavy atom. The summed E-state index contributed by atoms with van der Waals surface area (Å²) in [6, 6.07) is 13.7. The number of amides is 1. The fourth-order valence-corrected chi connectivity index (χ4v) is 7.11. The zero-order chi connectivity index (χ0) is 26.8. The Labute approximate surface area is 231 Å². The van der Waals surface area contributed by atoms with E-state index in [4.69, 9.17) is 4.74 Å². The van der Waals surface area contributed by atoms with E-state index in [1.165, 1.54) is 6.42 Å². The van der Waals surface area contributed by atoms with E-state index in [-0.39, 0.29) is 18.0 Å². The number of hydrogen-bond acceptors (Lipinski definition) is 5. The predicted octanol–water partition coefficient (Wildman–Crippen LogP) is 5.40. The molecule has 4 fully saturated rings. The standard InChI is InChI=1S/C33H38N2O4/c36-23-25-10-11-29-27(19-25)21-35(31(29)37)16-5-2-7-24-8-6-9-28(20-24)33(14-3-1-4-15-33)32(38)39-30-22-34-17-12-26(30)13-18-34/h2,6-11,19-20,23,26,30H,1,3-5,12-18,21-22H2/b7-2+. The Morgan fingerprint density at radius 3 is 2.59 bits per heavy atom. The van der Waals surface area contributed by atoms with Crippen LogP contribution in [0.4, 0.5) is 0 Å². The summed E-state index contributed by atoms with van der Waals surface area (Å²) in [4.78, 5) is 41.9. The Bertz CT molecular complexity index is 1270. The molecule has 2 bridgehead atoms. The van der Waals surface area contributed by atoms with Crippen molar-refractivity contribution in [1.82, 2.24) is 9.80 Å². The van der Waals surface area contributed by atoms with Gasteiger partial charge in [0.15, 0.2) is 0 Å². The van der Waals surface area contributed by atoms with Gasteiger partial charge in [0.05, 0.1) is 5.41 Å². The fourth-order valence-electron chi connectivity index (χ4n) is 7.11. The lowest BCUT2D eigenvalue weighted by Gasteiger charge is -2.45. The molecule has 1 aliphatic carbocycles. The number of hydrogen-bond donors (Lipinski definition) is 0. The molecule has 1 atom stereocenters. The zero-order valence-electron chi connectivity index (χ0n) is 22.6. The summed E-state index contributed by atoms with van der Waals surface area (Å²) in [5.74, 6) is 0.515. The van der Waals surface area contributed by atoms with Crippen LogP contribution >= 0.6 is 0 Å². The van der Waals surface area contributed by atoms with Crippen molar-refractivity contribution in [2.24, 2.45) is 5.92 Å². The lowest BCUT2D eigenvalue weighted by Crippen LogP contribution is -2.53. The van der Waals surface area contributed by atoms with Gasteiger partial charge < -0.3 is 9.64 Å². The maximum Gasteiger partial charge on any atom is 0.316 e. The highest BCUT2D eigenvalue weighted by molar-refractivity contribution is 5.99. The molecule has 39 heavy (non-hydrogen) atoms. The van der Waals surface area contributed by atoms with E-state index in [0.717, 1.165) is 87.6 Å². The number of fused-ring (bicyclic) bond motifs is 4. The summed E-state index contributed by atoms with van der Waals surface area (Å²) in [5, 5.41) is 0. The first kappa shape index (κ1) is 26.0. The quantitative estimate of drug-likeness (QED) is 0.341. The minimum Gasteiger partial charge on any atom is -0.460 e. The molecule has 0 spiro atoms. The van der Waals surface area contributed by atoms with Crippen LogP contribution in [0.15, 0.2) is 48.5 Å². The predicted molar refractivity (Wildman–Crippen MR) is 150 cm³/mol. The number of nitrogens with zero attached hydrogens (tertiary/aromatic N) is 2. The summed E-state index contributed by atoms with van der Waals surface area (Å²) >= 11 is 0. The molecule has 4 heterocycles. The molecule has 3 saturated heterocycles. The summed E-state index contributed by atoms with van der Waals surface area (Å²) in [6.45, 7) is 4.33. The average molecular weight is 527 g/mol. The summed E-state index contributed by atoms with van der Waals surface area (Å²) < 4.78 is 6.31. The number of carbonyl (C=O) groups is 3. The van der Waals surface area contributed by atoms with Gasteiger partial charge in [-0.1, -0.05) is 61.7 Å². The molecule has 0 radical (unpaired) electrons. The van der Waals surface area contributed by atoms with Crippen molar-refractivity contribution in [3.05, 3.63) is 76.4 Å². The van der Waals surface area contributed by atoms with Crippen LogP contribution in [0.5, 0.6) is 0 Å². The van der Waals surface area contributed by atoms with Gasteiger partial charge >= 0.3 is 5.97 Å². The molecule has 1 amide bonds. The van der Waals surface area contributed by atoms with E-state index in [2.05, 4.69) is 41.3 Å². The molecule has 204 valence electrons. The van der Waals surface area contributed by atoms with E-state index in [0.29, 0.717) is 30.1 Å².